The first-order valence-electron chi connectivity index (χ1n) is 0.642. The summed E-state index contributed by atoms with van der Waals surface area (Å²) in [5.74, 6) is 0. The van der Waals surface area contributed by atoms with Crippen LogP contribution < -0.4 is 0 Å². The maximum absolute atomic E-state index is 9.16. The second-order valence-electron chi connectivity index (χ2n) is 0.378. The topological polar surface area (TPSA) is 34.1 Å². The van der Waals surface area contributed by atoms with Crippen molar-refractivity contribution in [2.45, 2.75) is 0 Å². The van der Waals surface area contributed by atoms with Crippen LogP contribution in [0.3, 0.4) is 0 Å². The number of hydrogen-bond donors (Lipinski definition) is 0. The summed E-state index contributed by atoms with van der Waals surface area (Å²) in [6.45, 7) is 0. The molecule has 0 spiro atoms. The van der Waals surface area contributed by atoms with E-state index in [1.165, 1.54) is 0 Å². The van der Waals surface area contributed by atoms with Crippen molar-refractivity contribution in [2.75, 3.05) is 0 Å². The lowest BCUT2D eigenvalue weighted by atomic mass is 15.9. The van der Waals surface area contributed by atoms with E-state index in [-0.39, 0.29) is 19.8 Å². The highest BCUT2D eigenvalue weighted by molar-refractivity contribution is 8.31. The minimum atomic E-state index is -3.72. The van der Waals surface area contributed by atoms with Gasteiger partial charge in [-0.15, -0.1) is 0 Å². The third-order valence-electron chi connectivity index (χ3n) is 0. The Bertz CT molecular complexity index is 96.9. The molecule has 7 heavy (non-hydrogen) atoms. The summed E-state index contributed by atoms with van der Waals surface area (Å²) in [7, 11) is 4.81. The molecule has 0 rings (SSSR count). The number of halogens is 2. The second kappa shape index (κ2) is 5.53. The fraction of sp³-hybridized carbons (Fsp3) is 0. The van der Waals surface area contributed by atoms with E-state index >= 15 is 0 Å². The molecule has 0 bridgehead atoms. The third kappa shape index (κ3) is 111. The molecule has 0 aliphatic carbocycles. The lowest BCUT2D eigenvalue weighted by Gasteiger charge is -1.61. The summed E-state index contributed by atoms with van der Waals surface area (Å²) in [6, 6.07) is 0. The van der Waals surface area contributed by atoms with E-state index in [0.717, 1.165) is 0 Å². The van der Waals surface area contributed by atoms with Crippen LogP contribution in [0.1, 0.15) is 0 Å². The van der Waals surface area contributed by atoms with Crippen LogP contribution in [-0.4, -0.2) is 8.42 Å². The van der Waals surface area contributed by atoms with E-state index in [4.69, 9.17) is 8.42 Å². The zero-order valence-electron chi connectivity index (χ0n) is 3.39. The molecule has 48 valence electrons. The average Bonchev–Trinajstić information content (AvgIpc) is 0.722. The van der Waals surface area contributed by atoms with Crippen molar-refractivity contribution in [1.82, 2.24) is 0 Å². The Labute approximate surface area is 58.1 Å². The van der Waals surface area contributed by atoms with Gasteiger partial charge in [0.1, 0.15) is 0 Å². The molecule has 2 unspecified atom stereocenters. The minimum Gasteiger partial charge on any atom is -0.195 e. The largest absolute Gasteiger partial charge is 0.317 e. The predicted octanol–water partition coefficient (Wildman–Crippen LogP) is 0.825. The van der Waals surface area contributed by atoms with Gasteiger partial charge in [0.15, 0.2) is 0 Å². The Morgan fingerprint density at radius 1 is 1.00 bits per heavy atom. The van der Waals surface area contributed by atoms with Crippen LogP contribution in [0.15, 0.2) is 0 Å². The molecular weight excluding hydrogens is 197 g/mol. The first-order chi connectivity index (χ1) is 2.00. The Morgan fingerprint density at radius 2 is 1.00 bits per heavy atom. The van der Waals surface area contributed by atoms with Gasteiger partial charge in [0.25, 0.3) is 0 Å². The monoisotopic (exact) mass is 202 g/mol. The van der Waals surface area contributed by atoms with Crippen LogP contribution in [-0.2, 0) is 8.26 Å². The summed E-state index contributed by atoms with van der Waals surface area (Å²) in [5, 5.41) is 0. The maximum atomic E-state index is 9.16. The number of hydrogen-bond acceptors (Lipinski definition) is 2. The SMILES string of the molecule is O=S(=O)(Cl)Cl.P.P. The molecule has 0 aromatic heterocycles. The molecule has 0 saturated carbocycles. The van der Waals surface area contributed by atoms with E-state index in [2.05, 4.69) is 21.4 Å². The molecule has 0 N–H and O–H groups in total. The molecule has 0 aliphatic rings. The molecule has 7 heteroatoms. The van der Waals surface area contributed by atoms with Gasteiger partial charge in [-0.25, -0.2) is 0 Å². The van der Waals surface area contributed by atoms with Crippen molar-refractivity contribution < 1.29 is 8.42 Å². The van der Waals surface area contributed by atoms with Gasteiger partial charge in [0, 0.05) is 21.4 Å². The molecule has 0 aromatic carbocycles. The molecule has 2 nitrogen and oxygen atoms in total. The van der Waals surface area contributed by atoms with Gasteiger partial charge >= 0.3 is 8.26 Å². The Balaban J connectivity index is -0.0000000800. The molecule has 0 amide bonds. The Kier molecular flexibility index (Phi) is 12.4. The van der Waals surface area contributed by atoms with Crippen LogP contribution in [0.25, 0.3) is 0 Å². The van der Waals surface area contributed by atoms with E-state index in [1.54, 1.807) is 0 Å². The highest BCUT2D eigenvalue weighted by Gasteiger charge is 1.88. The Hall–Kier alpha value is 1.39. The van der Waals surface area contributed by atoms with Gasteiger partial charge in [-0.3, -0.25) is 0 Å². The molecule has 0 fully saturated rings. The van der Waals surface area contributed by atoms with Gasteiger partial charge in [-0.2, -0.15) is 28.2 Å². The first kappa shape index (κ1) is 15.8. The summed E-state index contributed by atoms with van der Waals surface area (Å²) in [6.07, 6.45) is 0. The second-order valence-corrected chi connectivity index (χ2v) is 4.05. The number of rotatable bonds is 0. The van der Waals surface area contributed by atoms with Crippen molar-refractivity contribution in [2.24, 2.45) is 0 Å². The highest BCUT2D eigenvalue weighted by Crippen LogP contribution is 1.98. The van der Waals surface area contributed by atoms with Crippen molar-refractivity contribution in [3.63, 3.8) is 0 Å². The fourth-order valence-corrected chi connectivity index (χ4v) is 0. The molecule has 0 aromatic rings. The van der Waals surface area contributed by atoms with Crippen molar-refractivity contribution in [1.29, 1.82) is 0 Å². The molecule has 2 atom stereocenters. The van der Waals surface area contributed by atoms with Crippen molar-refractivity contribution in [3.05, 3.63) is 0 Å². The summed E-state index contributed by atoms with van der Waals surface area (Å²) >= 11 is 0. The molecule has 0 radical (unpaired) electrons. The van der Waals surface area contributed by atoms with Gasteiger partial charge in [-0.05, 0) is 0 Å². The van der Waals surface area contributed by atoms with Gasteiger partial charge in [0.05, 0.1) is 0 Å². The maximum Gasteiger partial charge on any atom is 0.317 e. The fourth-order valence-electron chi connectivity index (χ4n) is 0. The average molecular weight is 203 g/mol. The third-order valence-corrected chi connectivity index (χ3v) is 0. The first-order valence-corrected chi connectivity index (χ1v) is 3.78. The zero-order chi connectivity index (χ0) is 4.50. The summed E-state index contributed by atoms with van der Waals surface area (Å²) in [4.78, 5) is 0. The zero-order valence-corrected chi connectivity index (χ0v) is 8.55. The quantitative estimate of drug-likeness (QED) is 0.431. The van der Waals surface area contributed by atoms with Gasteiger partial charge in [0.2, 0.25) is 0 Å². The van der Waals surface area contributed by atoms with Crippen LogP contribution in [0.5, 0.6) is 0 Å². The molecule has 0 saturated heterocycles. The smallest absolute Gasteiger partial charge is 0.195 e. The predicted molar refractivity (Wildman–Crippen MR) is 42.8 cm³/mol. The van der Waals surface area contributed by atoms with Crippen molar-refractivity contribution >= 4 is 49.4 Å². The van der Waals surface area contributed by atoms with Crippen LogP contribution in [0.2, 0.25) is 0 Å². The standard InChI is InChI=1S/Cl2O2S.2H3P/c1-5(2,3)4;;/h;2*1H3. The van der Waals surface area contributed by atoms with Crippen LogP contribution >= 0.6 is 41.2 Å². The lowest BCUT2D eigenvalue weighted by Crippen LogP contribution is -1.63. The Morgan fingerprint density at radius 3 is 1.00 bits per heavy atom. The lowest BCUT2D eigenvalue weighted by molar-refractivity contribution is 0.621. The molecule has 0 heterocycles. The van der Waals surface area contributed by atoms with Crippen LogP contribution in [0, 0.1) is 0 Å². The summed E-state index contributed by atoms with van der Waals surface area (Å²) in [5.41, 5.74) is 0. The molecular formula is H6Cl2O2P2S. The summed E-state index contributed by atoms with van der Waals surface area (Å²) < 4.78 is 18.3. The van der Waals surface area contributed by atoms with E-state index < -0.39 is 8.26 Å². The minimum absolute atomic E-state index is 0. The highest BCUT2D eigenvalue weighted by atomic mass is 36.0. The molecule has 0 aliphatic heterocycles. The van der Waals surface area contributed by atoms with E-state index in [9.17, 15) is 0 Å². The van der Waals surface area contributed by atoms with Gasteiger partial charge in [-0.1, -0.05) is 0 Å². The van der Waals surface area contributed by atoms with E-state index in [0.29, 0.717) is 0 Å². The normalized spacial score (nSPS) is 8.29. The van der Waals surface area contributed by atoms with E-state index in [1.807, 2.05) is 0 Å². The van der Waals surface area contributed by atoms with Gasteiger partial charge < -0.3 is 0 Å². The van der Waals surface area contributed by atoms with Crippen LogP contribution in [0.4, 0.5) is 0 Å². The van der Waals surface area contributed by atoms with Crippen molar-refractivity contribution in [3.8, 4) is 0 Å².